The Labute approximate surface area is 146 Å². The minimum atomic E-state index is -0.438. The van der Waals surface area contributed by atoms with E-state index in [0.717, 1.165) is 6.42 Å². The first-order valence-corrected chi connectivity index (χ1v) is 8.05. The number of aromatic nitrogens is 1. The van der Waals surface area contributed by atoms with Crippen molar-refractivity contribution in [3.05, 3.63) is 59.4 Å². The predicted molar refractivity (Wildman–Crippen MR) is 95.1 cm³/mol. The van der Waals surface area contributed by atoms with Gasteiger partial charge in [0.15, 0.2) is 0 Å². The highest BCUT2D eigenvalue weighted by Crippen LogP contribution is 2.12. The number of pyridine rings is 1. The molecule has 1 aromatic carbocycles. The van der Waals surface area contributed by atoms with Crippen molar-refractivity contribution in [3.8, 4) is 6.07 Å². The number of nitriles is 1. The molecule has 0 saturated carbocycles. The van der Waals surface area contributed by atoms with Gasteiger partial charge in [0.25, 0.3) is 11.8 Å². The van der Waals surface area contributed by atoms with Crippen molar-refractivity contribution in [1.29, 1.82) is 5.26 Å². The first-order chi connectivity index (χ1) is 12.0. The molecule has 128 valence electrons. The number of nitrogens with zero attached hydrogens (tertiary/aromatic N) is 2. The third-order valence-corrected chi connectivity index (χ3v) is 3.51. The van der Waals surface area contributed by atoms with Gasteiger partial charge in [-0.25, -0.2) is 0 Å². The largest absolute Gasteiger partial charge is 0.352 e. The highest BCUT2D eigenvalue weighted by atomic mass is 16.2. The van der Waals surface area contributed by atoms with Crippen molar-refractivity contribution in [2.45, 2.75) is 20.3 Å². The summed E-state index contributed by atoms with van der Waals surface area (Å²) >= 11 is 0. The fraction of sp³-hybridized carbons (Fsp3) is 0.263. The summed E-state index contributed by atoms with van der Waals surface area (Å²) in [7, 11) is 0. The summed E-state index contributed by atoms with van der Waals surface area (Å²) in [6.45, 7) is 4.76. The zero-order valence-corrected chi connectivity index (χ0v) is 14.2. The Hall–Kier alpha value is -3.20. The minimum Gasteiger partial charge on any atom is -0.352 e. The van der Waals surface area contributed by atoms with Crippen LogP contribution in [0.25, 0.3) is 0 Å². The molecule has 0 saturated heterocycles. The first kappa shape index (κ1) is 18.1. The van der Waals surface area contributed by atoms with Crippen LogP contribution in [-0.2, 0) is 0 Å². The number of carbonyl (C=O) groups is 2. The van der Waals surface area contributed by atoms with E-state index >= 15 is 0 Å². The summed E-state index contributed by atoms with van der Waals surface area (Å²) < 4.78 is 0. The maximum atomic E-state index is 12.3. The molecule has 2 N–H and O–H groups in total. The summed E-state index contributed by atoms with van der Waals surface area (Å²) in [6.07, 6.45) is 2.32. The standard InChI is InChI=1S/C19H20N4O2/c1-13(2)6-8-22-18(24)15-7-9-21-17(11-15)19(25)23-16-5-3-4-14(10-16)12-20/h3-5,7,9-11,13H,6,8H2,1-2H3,(H,22,24)(H,23,25). The SMILES string of the molecule is CC(C)CCNC(=O)c1ccnc(C(=O)Nc2cccc(C#N)c2)c1. The van der Waals surface area contributed by atoms with Gasteiger partial charge in [-0.3, -0.25) is 14.6 Å². The van der Waals surface area contributed by atoms with E-state index in [9.17, 15) is 9.59 Å². The Balaban J connectivity index is 2.05. The Morgan fingerprint density at radius 2 is 2.00 bits per heavy atom. The molecule has 0 aliphatic rings. The number of benzene rings is 1. The summed E-state index contributed by atoms with van der Waals surface area (Å²) in [5.41, 5.74) is 1.47. The maximum absolute atomic E-state index is 12.3. The number of hydrogen-bond acceptors (Lipinski definition) is 4. The molecule has 2 amide bonds. The van der Waals surface area contributed by atoms with Gasteiger partial charge in [-0.1, -0.05) is 19.9 Å². The van der Waals surface area contributed by atoms with Gasteiger partial charge in [0.05, 0.1) is 11.6 Å². The van der Waals surface area contributed by atoms with Crippen LogP contribution in [0.2, 0.25) is 0 Å². The van der Waals surface area contributed by atoms with Crippen LogP contribution >= 0.6 is 0 Å². The molecule has 0 aliphatic heterocycles. The second-order valence-corrected chi connectivity index (χ2v) is 6.01. The van der Waals surface area contributed by atoms with E-state index < -0.39 is 5.91 Å². The zero-order valence-electron chi connectivity index (χ0n) is 14.2. The Kier molecular flexibility index (Phi) is 6.24. The molecule has 0 aliphatic carbocycles. The van der Waals surface area contributed by atoms with Crippen molar-refractivity contribution >= 4 is 17.5 Å². The van der Waals surface area contributed by atoms with Gasteiger partial charge in [0.1, 0.15) is 5.69 Å². The van der Waals surface area contributed by atoms with Crippen LogP contribution in [0, 0.1) is 17.2 Å². The smallest absolute Gasteiger partial charge is 0.274 e. The van der Waals surface area contributed by atoms with Gasteiger partial charge >= 0.3 is 0 Å². The highest BCUT2D eigenvalue weighted by molar-refractivity contribution is 6.04. The molecular formula is C19H20N4O2. The van der Waals surface area contributed by atoms with Gasteiger partial charge in [-0.2, -0.15) is 5.26 Å². The number of rotatable bonds is 6. The van der Waals surface area contributed by atoms with Crippen molar-refractivity contribution in [2.75, 3.05) is 11.9 Å². The van der Waals surface area contributed by atoms with Crippen molar-refractivity contribution in [3.63, 3.8) is 0 Å². The number of amides is 2. The lowest BCUT2D eigenvalue weighted by molar-refractivity contribution is 0.0952. The van der Waals surface area contributed by atoms with Crippen LogP contribution in [0.4, 0.5) is 5.69 Å². The Morgan fingerprint density at radius 1 is 1.20 bits per heavy atom. The van der Waals surface area contributed by atoms with Crippen LogP contribution in [0.3, 0.4) is 0 Å². The molecule has 1 heterocycles. The summed E-state index contributed by atoms with van der Waals surface area (Å²) in [5.74, 6) is -0.168. The van der Waals surface area contributed by atoms with Crippen molar-refractivity contribution < 1.29 is 9.59 Å². The molecule has 0 fully saturated rings. The van der Waals surface area contributed by atoms with Gasteiger partial charge in [-0.05, 0) is 42.7 Å². The number of hydrogen-bond donors (Lipinski definition) is 2. The van der Waals surface area contributed by atoms with Gasteiger partial charge in [0, 0.05) is 24.0 Å². The van der Waals surface area contributed by atoms with Gasteiger partial charge in [0.2, 0.25) is 0 Å². The fourth-order valence-electron chi connectivity index (χ4n) is 2.13. The second kappa shape index (κ2) is 8.60. The molecule has 6 heteroatoms. The van der Waals surface area contributed by atoms with Crippen LogP contribution in [-0.4, -0.2) is 23.3 Å². The average Bonchev–Trinajstić information content (AvgIpc) is 2.61. The van der Waals surface area contributed by atoms with E-state index in [1.807, 2.05) is 6.07 Å². The third kappa shape index (κ3) is 5.43. The molecule has 6 nitrogen and oxygen atoms in total. The minimum absolute atomic E-state index is 0.138. The monoisotopic (exact) mass is 336 g/mol. The quantitative estimate of drug-likeness (QED) is 0.848. The lowest BCUT2D eigenvalue weighted by atomic mass is 10.1. The summed E-state index contributed by atoms with van der Waals surface area (Å²) in [4.78, 5) is 28.5. The van der Waals surface area contributed by atoms with E-state index in [1.54, 1.807) is 30.3 Å². The van der Waals surface area contributed by atoms with Crippen molar-refractivity contribution in [2.24, 2.45) is 5.92 Å². The lowest BCUT2D eigenvalue weighted by Gasteiger charge is -2.08. The van der Waals surface area contributed by atoms with Crippen LogP contribution in [0.5, 0.6) is 0 Å². The number of anilines is 1. The van der Waals surface area contributed by atoms with Gasteiger partial charge < -0.3 is 10.6 Å². The van der Waals surface area contributed by atoms with E-state index in [2.05, 4.69) is 29.5 Å². The van der Waals surface area contributed by atoms with Crippen molar-refractivity contribution in [1.82, 2.24) is 10.3 Å². The topological polar surface area (TPSA) is 94.9 Å². The predicted octanol–water partition coefficient (Wildman–Crippen LogP) is 2.98. The molecule has 25 heavy (non-hydrogen) atoms. The van der Waals surface area contributed by atoms with Gasteiger partial charge in [-0.15, -0.1) is 0 Å². The first-order valence-electron chi connectivity index (χ1n) is 8.05. The summed E-state index contributed by atoms with van der Waals surface area (Å²) in [6, 6.07) is 11.6. The normalized spacial score (nSPS) is 10.2. The molecule has 1 aromatic heterocycles. The highest BCUT2D eigenvalue weighted by Gasteiger charge is 2.12. The maximum Gasteiger partial charge on any atom is 0.274 e. The molecule has 2 aromatic rings. The molecule has 0 atom stereocenters. The van der Waals surface area contributed by atoms with Crippen LogP contribution < -0.4 is 10.6 Å². The molecular weight excluding hydrogens is 316 g/mol. The molecule has 2 rings (SSSR count). The molecule has 0 radical (unpaired) electrons. The fourth-order valence-corrected chi connectivity index (χ4v) is 2.13. The third-order valence-electron chi connectivity index (χ3n) is 3.51. The second-order valence-electron chi connectivity index (χ2n) is 6.01. The van der Waals surface area contributed by atoms with E-state index in [1.165, 1.54) is 12.3 Å². The number of nitrogens with one attached hydrogen (secondary N) is 2. The summed E-state index contributed by atoms with van der Waals surface area (Å²) in [5, 5.41) is 14.4. The zero-order chi connectivity index (χ0) is 18.2. The van der Waals surface area contributed by atoms with E-state index in [-0.39, 0.29) is 11.6 Å². The Bertz CT molecular complexity index is 809. The van der Waals surface area contributed by atoms with Crippen LogP contribution in [0.1, 0.15) is 46.7 Å². The van der Waals surface area contributed by atoms with Crippen LogP contribution in [0.15, 0.2) is 42.6 Å². The lowest BCUT2D eigenvalue weighted by Crippen LogP contribution is -2.26. The van der Waals surface area contributed by atoms with E-state index in [4.69, 9.17) is 5.26 Å². The molecule has 0 unspecified atom stereocenters. The molecule has 0 spiro atoms. The average molecular weight is 336 g/mol. The number of carbonyl (C=O) groups excluding carboxylic acids is 2. The van der Waals surface area contributed by atoms with E-state index in [0.29, 0.717) is 29.3 Å². The Morgan fingerprint density at radius 3 is 2.72 bits per heavy atom. The molecule has 0 bridgehead atoms.